The molecule has 30 heavy (non-hydrogen) atoms. The van der Waals surface area contributed by atoms with Crippen molar-refractivity contribution in [3.05, 3.63) is 64.5 Å². The van der Waals surface area contributed by atoms with Crippen LogP contribution in [0.25, 0.3) is 11.3 Å². The van der Waals surface area contributed by atoms with Crippen molar-refractivity contribution in [2.24, 2.45) is 0 Å². The molecule has 0 bridgehead atoms. The predicted molar refractivity (Wildman–Crippen MR) is 119 cm³/mol. The van der Waals surface area contributed by atoms with Crippen molar-refractivity contribution in [1.82, 2.24) is 9.29 Å². The first-order valence-corrected chi connectivity index (χ1v) is 12.1. The van der Waals surface area contributed by atoms with Gasteiger partial charge in [0, 0.05) is 29.6 Å². The zero-order chi connectivity index (χ0) is 21.3. The molecule has 0 aliphatic carbocycles. The fourth-order valence-corrected chi connectivity index (χ4v) is 5.62. The van der Waals surface area contributed by atoms with Gasteiger partial charge in [0.05, 0.1) is 10.6 Å². The molecule has 1 aromatic heterocycles. The molecule has 0 saturated carbocycles. The molecule has 0 radical (unpaired) electrons. The van der Waals surface area contributed by atoms with E-state index in [0.29, 0.717) is 23.8 Å². The Morgan fingerprint density at radius 3 is 2.40 bits per heavy atom. The largest absolute Gasteiger partial charge is 0.298 e. The summed E-state index contributed by atoms with van der Waals surface area (Å²) < 4.78 is 26.7. The maximum atomic E-state index is 12.6. The quantitative estimate of drug-likeness (QED) is 0.634. The fraction of sp³-hybridized carbons (Fsp3) is 0.273. The van der Waals surface area contributed by atoms with Gasteiger partial charge in [0.15, 0.2) is 5.13 Å². The van der Waals surface area contributed by atoms with Gasteiger partial charge < -0.3 is 0 Å². The first-order chi connectivity index (χ1) is 14.3. The molecule has 1 amide bonds. The molecule has 1 fully saturated rings. The number of carbonyl (C=O) groups excluding carboxylic acids is 1. The zero-order valence-corrected chi connectivity index (χ0v) is 18.5. The summed E-state index contributed by atoms with van der Waals surface area (Å²) in [5, 5.41) is 5.21. The molecule has 8 heteroatoms. The number of carbonyl (C=O) groups is 1. The van der Waals surface area contributed by atoms with Crippen molar-refractivity contribution in [3.8, 4) is 11.3 Å². The van der Waals surface area contributed by atoms with E-state index in [2.05, 4.69) is 36.3 Å². The highest BCUT2D eigenvalue weighted by Gasteiger charge is 2.27. The molecule has 1 saturated heterocycles. The van der Waals surface area contributed by atoms with Crippen LogP contribution >= 0.6 is 11.3 Å². The third-order valence-electron chi connectivity index (χ3n) is 5.35. The third kappa shape index (κ3) is 4.16. The van der Waals surface area contributed by atoms with Gasteiger partial charge in [-0.15, -0.1) is 11.3 Å². The van der Waals surface area contributed by atoms with E-state index >= 15 is 0 Å². The van der Waals surface area contributed by atoms with Gasteiger partial charge in [-0.25, -0.2) is 13.4 Å². The number of hydrogen-bond donors (Lipinski definition) is 1. The highest BCUT2D eigenvalue weighted by molar-refractivity contribution is 7.89. The summed E-state index contributed by atoms with van der Waals surface area (Å²) in [5.74, 6) is -0.318. The SMILES string of the molecule is Cc1ccc(-c2csc(NC(=O)c3ccc(S(=O)(=O)N4CCCC4)cc3)n2)cc1C. The van der Waals surface area contributed by atoms with Gasteiger partial charge in [0.2, 0.25) is 10.0 Å². The molecule has 156 valence electrons. The molecule has 3 aromatic rings. The number of nitrogens with zero attached hydrogens (tertiary/aromatic N) is 2. The minimum absolute atomic E-state index is 0.215. The lowest BCUT2D eigenvalue weighted by atomic mass is 10.1. The van der Waals surface area contributed by atoms with Crippen molar-refractivity contribution in [2.45, 2.75) is 31.6 Å². The van der Waals surface area contributed by atoms with Crippen LogP contribution in [0.15, 0.2) is 52.7 Å². The molecule has 0 unspecified atom stereocenters. The molecule has 1 N–H and O–H groups in total. The van der Waals surface area contributed by atoms with E-state index in [1.54, 1.807) is 0 Å². The highest BCUT2D eigenvalue weighted by atomic mass is 32.2. The van der Waals surface area contributed by atoms with Crippen molar-refractivity contribution in [2.75, 3.05) is 18.4 Å². The van der Waals surface area contributed by atoms with E-state index in [1.165, 1.54) is 51.0 Å². The summed E-state index contributed by atoms with van der Waals surface area (Å²) in [7, 11) is -3.48. The van der Waals surface area contributed by atoms with Crippen LogP contribution < -0.4 is 5.32 Å². The number of sulfonamides is 1. The molecule has 1 aliphatic rings. The lowest BCUT2D eigenvalue weighted by Crippen LogP contribution is -2.27. The van der Waals surface area contributed by atoms with Crippen LogP contribution in [0.4, 0.5) is 5.13 Å². The maximum absolute atomic E-state index is 12.6. The Hall–Kier alpha value is -2.55. The number of benzene rings is 2. The Kier molecular flexibility index (Phi) is 5.73. The van der Waals surface area contributed by atoms with Crippen LogP contribution in [0.5, 0.6) is 0 Å². The molecule has 0 spiro atoms. The first-order valence-electron chi connectivity index (χ1n) is 9.79. The number of hydrogen-bond acceptors (Lipinski definition) is 5. The van der Waals surface area contributed by atoms with Crippen LogP contribution in [-0.2, 0) is 10.0 Å². The molecule has 2 aromatic carbocycles. The van der Waals surface area contributed by atoms with Gasteiger partial charge in [-0.1, -0.05) is 12.1 Å². The van der Waals surface area contributed by atoms with E-state index in [9.17, 15) is 13.2 Å². The number of thiazole rings is 1. The van der Waals surface area contributed by atoms with E-state index in [4.69, 9.17) is 0 Å². The second kappa shape index (κ2) is 8.29. The monoisotopic (exact) mass is 441 g/mol. The van der Waals surface area contributed by atoms with Gasteiger partial charge in [0.25, 0.3) is 5.91 Å². The lowest BCUT2D eigenvalue weighted by Gasteiger charge is -2.15. The van der Waals surface area contributed by atoms with Gasteiger partial charge in [-0.05, 0) is 68.1 Å². The molecule has 1 aliphatic heterocycles. The van der Waals surface area contributed by atoms with Crippen molar-refractivity contribution < 1.29 is 13.2 Å². The topological polar surface area (TPSA) is 79.4 Å². The molecule has 2 heterocycles. The Morgan fingerprint density at radius 1 is 1.03 bits per heavy atom. The summed E-state index contributed by atoms with van der Waals surface area (Å²) in [6, 6.07) is 12.2. The Bertz CT molecular complexity index is 1180. The summed E-state index contributed by atoms with van der Waals surface area (Å²) >= 11 is 1.36. The molecule has 4 rings (SSSR count). The van der Waals surface area contributed by atoms with Gasteiger partial charge in [-0.3, -0.25) is 10.1 Å². The second-order valence-corrected chi connectivity index (χ2v) is 10.2. The predicted octanol–water partition coefficient (Wildman–Crippen LogP) is 4.46. The van der Waals surface area contributed by atoms with Crippen LogP contribution in [0.3, 0.4) is 0 Å². The number of aryl methyl sites for hydroxylation is 2. The average molecular weight is 442 g/mol. The number of anilines is 1. The van der Waals surface area contributed by atoms with Crippen LogP contribution in [0, 0.1) is 13.8 Å². The average Bonchev–Trinajstić information content (AvgIpc) is 3.43. The Labute approximate surface area is 180 Å². The van der Waals surface area contributed by atoms with E-state index < -0.39 is 10.0 Å². The maximum Gasteiger partial charge on any atom is 0.257 e. The lowest BCUT2D eigenvalue weighted by molar-refractivity contribution is 0.102. The van der Waals surface area contributed by atoms with E-state index in [0.717, 1.165) is 24.1 Å². The number of aromatic nitrogens is 1. The second-order valence-electron chi connectivity index (χ2n) is 7.43. The van der Waals surface area contributed by atoms with Crippen molar-refractivity contribution in [3.63, 3.8) is 0 Å². The standard InChI is InChI=1S/C22H23N3O3S2/c1-15-5-6-18(13-16(15)2)20-14-29-22(23-20)24-21(26)17-7-9-19(10-8-17)30(27,28)25-11-3-4-12-25/h5-10,13-14H,3-4,11-12H2,1-2H3,(H,23,24,26). The van der Waals surface area contributed by atoms with Gasteiger partial charge in [-0.2, -0.15) is 4.31 Å². The van der Waals surface area contributed by atoms with Gasteiger partial charge in [0.1, 0.15) is 0 Å². The number of amides is 1. The minimum atomic E-state index is -3.48. The van der Waals surface area contributed by atoms with Crippen LogP contribution in [-0.4, -0.2) is 36.7 Å². The first kappa shape index (κ1) is 20.7. The summed E-state index contributed by atoms with van der Waals surface area (Å²) in [6.07, 6.45) is 1.77. The Morgan fingerprint density at radius 2 is 1.73 bits per heavy atom. The van der Waals surface area contributed by atoms with Crippen LogP contribution in [0.2, 0.25) is 0 Å². The normalized spacial score (nSPS) is 14.7. The van der Waals surface area contributed by atoms with Gasteiger partial charge >= 0.3 is 0 Å². The molecule has 6 nitrogen and oxygen atoms in total. The Balaban J connectivity index is 1.46. The minimum Gasteiger partial charge on any atom is -0.298 e. The van der Waals surface area contributed by atoms with Crippen molar-refractivity contribution in [1.29, 1.82) is 0 Å². The van der Waals surface area contributed by atoms with E-state index in [1.807, 2.05) is 11.4 Å². The summed E-state index contributed by atoms with van der Waals surface area (Å²) in [5.41, 5.74) is 4.61. The molecular weight excluding hydrogens is 418 g/mol. The fourth-order valence-electron chi connectivity index (χ4n) is 3.39. The summed E-state index contributed by atoms with van der Waals surface area (Å²) in [6.45, 7) is 5.23. The molecule has 0 atom stereocenters. The van der Waals surface area contributed by atoms with E-state index in [-0.39, 0.29) is 10.8 Å². The number of nitrogens with one attached hydrogen (secondary N) is 1. The third-order valence-corrected chi connectivity index (χ3v) is 8.02. The summed E-state index contributed by atoms with van der Waals surface area (Å²) in [4.78, 5) is 17.3. The molecular formula is C22H23N3O3S2. The van der Waals surface area contributed by atoms with Crippen LogP contribution in [0.1, 0.15) is 34.3 Å². The highest BCUT2D eigenvalue weighted by Crippen LogP contribution is 2.27. The zero-order valence-electron chi connectivity index (χ0n) is 16.9. The van der Waals surface area contributed by atoms with Crippen molar-refractivity contribution >= 4 is 32.4 Å². The smallest absolute Gasteiger partial charge is 0.257 e. The number of rotatable bonds is 5.